The number of alkyl halides is 3. The first-order valence-corrected chi connectivity index (χ1v) is 16.8. The average molecular weight is 727 g/mol. The van der Waals surface area contributed by atoms with E-state index in [1.165, 1.54) is 7.11 Å². The predicted octanol–water partition coefficient (Wildman–Crippen LogP) is 6.74. The van der Waals surface area contributed by atoms with Gasteiger partial charge < -0.3 is 35.1 Å². The Bertz CT molecular complexity index is 1930. The smallest absolute Gasteiger partial charge is 0.421 e. The quantitative estimate of drug-likeness (QED) is 0.117. The van der Waals surface area contributed by atoms with Crippen LogP contribution in [-0.4, -0.2) is 58.6 Å². The van der Waals surface area contributed by atoms with Crippen molar-refractivity contribution in [1.82, 2.24) is 20.6 Å². The summed E-state index contributed by atoms with van der Waals surface area (Å²) in [6, 6.07) is 16.1. The molecule has 4 aromatic rings. The van der Waals surface area contributed by atoms with E-state index in [0.29, 0.717) is 54.4 Å². The van der Waals surface area contributed by atoms with Crippen molar-refractivity contribution in [3.8, 4) is 40.0 Å². The molecule has 2 heterocycles. The van der Waals surface area contributed by atoms with Gasteiger partial charge in [-0.25, -0.2) is 4.98 Å². The van der Waals surface area contributed by atoms with Crippen LogP contribution in [0, 0.1) is 0 Å². The molecule has 1 atom stereocenters. The van der Waals surface area contributed by atoms with Crippen molar-refractivity contribution >= 4 is 17.6 Å². The van der Waals surface area contributed by atoms with Gasteiger partial charge in [-0.1, -0.05) is 54.1 Å². The maximum absolute atomic E-state index is 14.3. The molecule has 2 aromatic heterocycles. The molecule has 0 unspecified atom stereocenters. The molecule has 270 valence electrons. The first-order chi connectivity index (χ1) is 24.3. The molecule has 0 bridgehead atoms. The maximum atomic E-state index is 14.3. The number of rotatable bonds is 13. The van der Waals surface area contributed by atoms with Crippen molar-refractivity contribution in [3.05, 3.63) is 87.4 Å². The Labute approximate surface area is 297 Å². The van der Waals surface area contributed by atoms with Crippen molar-refractivity contribution in [3.63, 3.8) is 0 Å². The minimum atomic E-state index is -4.79. The molecular formula is C37H38ClF3N4O6. The fourth-order valence-corrected chi connectivity index (χ4v) is 7.14. The Morgan fingerprint density at radius 2 is 1.65 bits per heavy atom. The topological polar surface area (TPSA) is 135 Å². The standard InChI is InChI=1S/C37H38ClF3N4O6/c1-36(48)15-22(16-36)43-18-20-10-12-29(44-33(20)49-2)27-9-5-8-26(32(27)38)23-6-4-7-25-24(23)11-13-30(25)51-35-28(37(39,40)41)14-21(34(45-35)50-3)17-42-19-31(46)47/h4-10,12,14,22,30,42-43,48H,11,13,15-19H2,1-3H3,(H,46,47)/t22-,30-,36-/m0/s1. The summed E-state index contributed by atoms with van der Waals surface area (Å²) in [7, 11) is 2.83. The van der Waals surface area contributed by atoms with E-state index in [4.69, 9.17) is 35.9 Å². The number of methoxy groups -OCH3 is 2. The van der Waals surface area contributed by atoms with Crippen molar-refractivity contribution in [2.24, 2.45) is 0 Å². The van der Waals surface area contributed by atoms with Crippen molar-refractivity contribution in [1.29, 1.82) is 0 Å². The Hall–Kier alpha value is -4.43. The van der Waals surface area contributed by atoms with E-state index in [9.17, 15) is 23.1 Å². The summed E-state index contributed by atoms with van der Waals surface area (Å²) in [4.78, 5) is 19.7. The SMILES string of the molecule is COc1nc(-c2cccc(-c3cccc4c3CC[C@@H]4Oc3nc(OC)c(CNCC(=O)O)cc3C(F)(F)F)c2Cl)ccc1CN[C@H]1C[C@](C)(O)C1. The summed E-state index contributed by atoms with van der Waals surface area (Å²) >= 11 is 7.07. The molecule has 6 rings (SSSR count). The highest BCUT2D eigenvalue weighted by atomic mass is 35.5. The maximum Gasteiger partial charge on any atom is 0.421 e. The number of hydrogen-bond donors (Lipinski definition) is 4. The molecule has 1 saturated carbocycles. The molecule has 14 heteroatoms. The van der Waals surface area contributed by atoms with Gasteiger partial charge in [-0.3, -0.25) is 4.79 Å². The van der Waals surface area contributed by atoms with E-state index in [0.717, 1.165) is 33.9 Å². The van der Waals surface area contributed by atoms with E-state index in [-0.39, 0.29) is 24.0 Å². The van der Waals surface area contributed by atoms with E-state index in [2.05, 4.69) is 15.6 Å². The van der Waals surface area contributed by atoms with Crippen LogP contribution in [0.25, 0.3) is 22.4 Å². The number of nitrogens with zero attached hydrogens (tertiary/aromatic N) is 2. The number of aliphatic hydroxyl groups is 1. The Kier molecular flexibility index (Phi) is 10.5. The zero-order chi connectivity index (χ0) is 36.5. The minimum Gasteiger partial charge on any atom is -0.481 e. The summed E-state index contributed by atoms with van der Waals surface area (Å²) in [6.07, 6.45) is -3.23. The van der Waals surface area contributed by atoms with Crippen LogP contribution >= 0.6 is 11.6 Å². The van der Waals surface area contributed by atoms with Crippen molar-refractivity contribution in [2.75, 3.05) is 20.8 Å². The summed E-state index contributed by atoms with van der Waals surface area (Å²) < 4.78 is 59.7. The van der Waals surface area contributed by atoms with Crippen LogP contribution in [-0.2, 0) is 30.5 Å². The summed E-state index contributed by atoms with van der Waals surface area (Å²) in [6.45, 7) is 1.71. The number of carboxylic acid groups (broad SMARTS) is 1. The average Bonchev–Trinajstić information content (AvgIpc) is 3.49. The molecule has 2 aliphatic carbocycles. The number of ether oxygens (including phenoxy) is 3. The number of aliphatic carboxylic acids is 1. The molecule has 0 saturated heterocycles. The number of halogens is 4. The zero-order valence-corrected chi connectivity index (χ0v) is 29.0. The van der Waals surface area contributed by atoms with Crippen molar-refractivity contribution < 1.29 is 42.4 Å². The second-order valence-electron chi connectivity index (χ2n) is 13.0. The summed E-state index contributed by atoms with van der Waals surface area (Å²) in [5.41, 5.74) is 3.70. The van der Waals surface area contributed by atoms with Gasteiger partial charge in [0.25, 0.3) is 0 Å². The number of fused-ring (bicyclic) bond motifs is 1. The zero-order valence-electron chi connectivity index (χ0n) is 28.2. The summed E-state index contributed by atoms with van der Waals surface area (Å²) in [5, 5.41) is 25.4. The second-order valence-corrected chi connectivity index (χ2v) is 13.4. The van der Waals surface area contributed by atoms with Gasteiger partial charge >= 0.3 is 12.1 Å². The summed E-state index contributed by atoms with van der Waals surface area (Å²) in [5.74, 6) is -1.42. The predicted molar refractivity (Wildman–Crippen MR) is 184 cm³/mol. The van der Waals surface area contributed by atoms with Gasteiger partial charge in [0.2, 0.25) is 17.6 Å². The fourth-order valence-electron chi connectivity index (χ4n) is 6.82. The normalized spacial score (nSPS) is 19.7. The monoisotopic (exact) mass is 726 g/mol. The molecule has 10 nitrogen and oxygen atoms in total. The molecule has 4 N–H and O–H groups in total. The first-order valence-electron chi connectivity index (χ1n) is 16.4. The van der Waals surface area contributed by atoms with E-state index in [1.54, 1.807) is 7.11 Å². The number of pyridine rings is 2. The highest BCUT2D eigenvalue weighted by Gasteiger charge is 2.39. The number of benzene rings is 2. The van der Waals surface area contributed by atoms with Crippen molar-refractivity contribution in [2.45, 2.75) is 69.6 Å². The van der Waals surface area contributed by atoms with Crippen LogP contribution in [0.15, 0.2) is 54.6 Å². The van der Waals surface area contributed by atoms with Crippen LogP contribution in [0.2, 0.25) is 5.02 Å². The van der Waals surface area contributed by atoms with Gasteiger partial charge in [0.05, 0.1) is 37.1 Å². The van der Waals surface area contributed by atoms with Crippen LogP contribution < -0.4 is 24.8 Å². The highest BCUT2D eigenvalue weighted by molar-refractivity contribution is 6.36. The Morgan fingerprint density at radius 3 is 2.33 bits per heavy atom. The highest BCUT2D eigenvalue weighted by Crippen LogP contribution is 2.46. The Balaban J connectivity index is 1.26. The largest absolute Gasteiger partial charge is 0.481 e. The third-order valence-electron chi connectivity index (χ3n) is 9.24. The first kappa shape index (κ1) is 36.4. The van der Waals surface area contributed by atoms with E-state index < -0.39 is 41.8 Å². The molecule has 0 amide bonds. The molecule has 0 radical (unpaired) electrons. The van der Waals surface area contributed by atoms with E-state index >= 15 is 0 Å². The van der Waals surface area contributed by atoms with Crippen LogP contribution in [0.3, 0.4) is 0 Å². The number of nitrogens with one attached hydrogen (secondary N) is 2. The lowest BCUT2D eigenvalue weighted by Gasteiger charge is -2.41. The molecule has 51 heavy (non-hydrogen) atoms. The molecule has 0 aliphatic heterocycles. The lowest BCUT2D eigenvalue weighted by atomic mass is 9.77. The number of carbonyl (C=O) groups is 1. The molecular weight excluding hydrogens is 689 g/mol. The van der Waals surface area contributed by atoms with Gasteiger partial charge in [0.1, 0.15) is 11.7 Å². The number of hydrogen-bond acceptors (Lipinski definition) is 9. The van der Waals surface area contributed by atoms with Gasteiger partial charge in [-0.15, -0.1) is 0 Å². The van der Waals surface area contributed by atoms with Gasteiger partial charge in [0, 0.05) is 41.4 Å². The lowest BCUT2D eigenvalue weighted by molar-refractivity contribution is -0.140. The van der Waals surface area contributed by atoms with Crippen LogP contribution in [0.5, 0.6) is 17.6 Å². The van der Waals surface area contributed by atoms with E-state index in [1.807, 2.05) is 55.5 Å². The van der Waals surface area contributed by atoms with Gasteiger partial charge in [0.15, 0.2) is 0 Å². The van der Waals surface area contributed by atoms with Crippen LogP contribution in [0.4, 0.5) is 13.2 Å². The van der Waals surface area contributed by atoms with Crippen LogP contribution in [0.1, 0.15) is 60.1 Å². The molecule has 0 spiro atoms. The third kappa shape index (κ3) is 7.91. The molecule has 2 aliphatic rings. The molecule has 1 fully saturated rings. The second kappa shape index (κ2) is 14.7. The molecule has 2 aromatic carbocycles. The number of carboxylic acids is 1. The third-order valence-corrected chi connectivity index (χ3v) is 9.64. The minimum absolute atomic E-state index is 0.0457. The van der Waals surface area contributed by atoms with Gasteiger partial charge in [-0.2, -0.15) is 18.2 Å². The fraction of sp³-hybridized carbons (Fsp3) is 0.378. The lowest BCUT2D eigenvalue weighted by Crippen LogP contribution is -2.51. The van der Waals surface area contributed by atoms with Gasteiger partial charge in [-0.05, 0) is 61.4 Å². The Morgan fingerprint density at radius 1 is 0.961 bits per heavy atom. The number of aromatic nitrogens is 2.